The maximum absolute atomic E-state index is 13.4. The Morgan fingerprint density at radius 3 is 2.70 bits per heavy atom. The smallest absolute Gasteiger partial charge is 0.271 e. The van der Waals surface area contributed by atoms with Crippen LogP contribution in [-0.4, -0.2) is 57.8 Å². The van der Waals surface area contributed by atoms with Gasteiger partial charge in [0.05, 0.1) is 17.4 Å². The molecule has 208 valence electrons. The number of amides is 3. The van der Waals surface area contributed by atoms with Gasteiger partial charge in [0.1, 0.15) is 11.9 Å². The minimum atomic E-state index is -0.812. The fraction of sp³-hybridized carbons (Fsp3) is 0.414. The summed E-state index contributed by atoms with van der Waals surface area (Å²) < 4.78 is 10.8. The summed E-state index contributed by atoms with van der Waals surface area (Å²) in [5.41, 5.74) is 2.00. The van der Waals surface area contributed by atoms with E-state index in [2.05, 4.69) is 15.6 Å². The number of nitrogens with one attached hydrogen (secondary N) is 2. The van der Waals surface area contributed by atoms with Crippen molar-refractivity contribution in [3.8, 4) is 11.5 Å². The van der Waals surface area contributed by atoms with Gasteiger partial charge < -0.3 is 20.1 Å². The molecule has 2 unspecified atom stereocenters. The van der Waals surface area contributed by atoms with Crippen LogP contribution in [0.15, 0.2) is 52.4 Å². The summed E-state index contributed by atoms with van der Waals surface area (Å²) >= 11 is 1.27. The van der Waals surface area contributed by atoms with Gasteiger partial charge in [0.25, 0.3) is 5.91 Å². The number of carbonyl (C=O) groups excluding carboxylic acids is 3. The molecule has 2 atom stereocenters. The first-order valence-corrected chi connectivity index (χ1v) is 14.6. The van der Waals surface area contributed by atoms with E-state index < -0.39 is 11.3 Å². The number of carbonyl (C=O) groups is 3. The molecule has 1 fully saturated rings. The highest BCUT2D eigenvalue weighted by atomic mass is 32.2. The van der Waals surface area contributed by atoms with Crippen LogP contribution in [0.25, 0.3) is 0 Å². The second-order valence-electron chi connectivity index (χ2n) is 10.2. The normalized spacial score (nSPS) is 20.3. The maximum atomic E-state index is 13.4. The van der Waals surface area contributed by atoms with Crippen molar-refractivity contribution >= 4 is 51.9 Å². The van der Waals surface area contributed by atoms with Gasteiger partial charge >= 0.3 is 0 Å². The maximum Gasteiger partial charge on any atom is 0.271 e. The number of thioether (sulfide) groups is 1. The van der Waals surface area contributed by atoms with Crippen molar-refractivity contribution < 1.29 is 23.9 Å². The molecule has 40 heavy (non-hydrogen) atoms. The molecule has 3 aliphatic heterocycles. The van der Waals surface area contributed by atoms with Crippen LogP contribution in [0.2, 0.25) is 0 Å². The highest BCUT2D eigenvalue weighted by molar-refractivity contribution is 8.15. The molecular weight excluding hydrogens is 530 g/mol. The van der Waals surface area contributed by atoms with Gasteiger partial charge in [0, 0.05) is 23.4 Å². The SMILES string of the molecule is CCC(SC1=Nc2ccccc2C2=NC(=O)C(CC(=O)NC3CCCCC3)N12)C(=O)Nc1ccc2c(c1)OCO2. The molecule has 0 radical (unpaired) electrons. The van der Waals surface area contributed by atoms with Crippen LogP contribution in [0.3, 0.4) is 0 Å². The van der Waals surface area contributed by atoms with E-state index in [0.717, 1.165) is 31.2 Å². The van der Waals surface area contributed by atoms with Crippen LogP contribution >= 0.6 is 11.8 Å². The highest BCUT2D eigenvalue weighted by Gasteiger charge is 2.44. The summed E-state index contributed by atoms with van der Waals surface area (Å²) in [6.45, 7) is 2.08. The zero-order valence-electron chi connectivity index (χ0n) is 22.2. The number of ether oxygens (including phenoxy) is 2. The number of nitrogens with zero attached hydrogens (tertiary/aromatic N) is 3. The van der Waals surface area contributed by atoms with Crippen molar-refractivity contribution in [3.63, 3.8) is 0 Å². The summed E-state index contributed by atoms with van der Waals surface area (Å²) in [4.78, 5) is 50.5. The third-order valence-corrected chi connectivity index (χ3v) is 8.84. The van der Waals surface area contributed by atoms with Crippen molar-refractivity contribution in [2.75, 3.05) is 12.1 Å². The lowest BCUT2D eigenvalue weighted by Crippen LogP contribution is -2.47. The van der Waals surface area contributed by atoms with Gasteiger partial charge in [-0.1, -0.05) is 50.1 Å². The zero-order valence-corrected chi connectivity index (χ0v) is 23.0. The first kappa shape index (κ1) is 26.4. The summed E-state index contributed by atoms with van der Waals surface area (Å²) in [5, 5.41) is 6.04. The molecule has 3 heterocycles. The number of para-hydroxylation sites is 1. The van der Waals surface area contributed by atoms with E-state index in [4.69, 9.17) is 14.5 Å². The Morgan fingerprint density at radius 2 is 1.88 bits per heavy atom. The van der Waals surface area contributed by atoms with Crippen LogP contribution in [0.5, 0.6) is 11.5 Å². The third kappa shape index (κ3) is 5.30. The van der Waals surface area contributed by atoms with Gasteiger partial charge in [-0.25, -0.2) is 4.99 Å². The van der Waals surface area contributed by atoms with Crippen LogP contribution in [0.4, 0.5) is 11.4 Å². The Labute approximate surface area is 236 Å². The lowest BCUT2D eigenvalue weighted by Gasteiger charge is -2.32. The lowest BCUT2D eigenvalue weighted by molar-refractivity contribution is -0.127. The number of anilines is 1. The lowest BCUT2D eigenvalue weighted by atomic mass is 9.95. The Morgan fingerprint density at radius 1 is 1.07 bits per heavy atom. The van der Waals surface area contributed by atoms with Crippen LogP contribution < -0.4 is 20.1 Å². The first-order valence-electron chi connectivity index (χ1n) is 13.8. The predicted molar refractivity (Wildman–Crippen MR) is 153 cm³/mol. The average Bonchev–Trinajstić information content (AvgIpc) is 3.56. The Bertz CT molecular complexity index is 1400. The quantitative estimate of drug-likeness (QED) is 0.515. The molecule has 0 saturated heterocycles. The predicted octanol–water partition coefficient (Wildman–Crippen LogP) is 4.36. The van der Waals surface area contributed by atoms with Gasteiger partial charge in [-0.2, -0.15) is 4.99 Å². The van der Waals surface area contributed by atoms with E-state index >= 15 is 0 Å². The Balaban J connectivity index is 1.22. The molecule has 1 aliphatic carbocycles. The summed E-state index contributed by atoms with van der Waals surface area (Å²) in [5.74, 6) is 0.938. The molecule has 2 aromatic rings. The molecule has 4 aliphatic rings. The fourth-order valence-electron chi connectivity index (χ4n) is 5.44. The molecule has 1 saturated carbocycles. The molecule has 3 amide bonds. The van der Waals surface area contributed by atoms with Gasteiger partial charge in [0.15, 0.2) is 16.7 Å². The monoisotopic (exact) mass is 561 g/mol. The number of fused-ring (bicyclic) bond motifs is 4. The van der Waals surface area contributed by atoms with E-state index in [1.165, 1.54) is 18.2 Å². The van der Waals surface area contributed by atoms with Crippen LogP contribution in [-0.2, 0) is 14.4 Å². The van der Waals surface area contributed by atoms with E-state index in [0.29, 0.717) is 40.3 Å². The van der Waals surface area contributed by atoms with Crippen molar-refractivity contribution in [1.29, 1.82) is 0 Å². The van der Waals surface area contributed by atoms with Crippen LogP contribution in [0, 0.1) is 0 Å². The van der Waals surface area contributed by atoms with Crippen molar-refractivity contribution in [2.24, 2.45) is 9.98 Å². The van der Waals surface area contributed by atoms with Gasteiger partial charge in [-0.05, 0) is 43.5 Å². The second kappa shape index (κ2) is 11.3. The second-order valence-corrected chi connectivity index (χ2v) is 11.4. The topological polar surface area (TPSA) is 122 Å². The van der Waals surface area contributed by atoms with E-state index in [1.54, 1.807) is 23.1 Å². The van der Waals surface area contributed by atoms with E-state index in [9.17, 15) is 14.4 Å². The molecular formula is C29H31N5O5S. The largest absolute Gasteiger partial charge is 0.454 e. The third-order valence-electron chi connectivity index (χ3n) is 7.51. The number of hydrogen-bond donors (Lipinski definition) is 2. The number of amidine groups is 2. The zero-order chi connectivity index (χ0) is 27.6. The summed E-state index contributed by atoms with van der Waals surface area (Å²) in [6.07, 6.45) is 5.81. The molecule has 0 spiro atoms. The number of aliphatic imine (C=N–C) groups is 2. The van der Waals surface area contributed by atoms with Crippen LogP contribution in [0.1, 0.15) is 57.4 Å². The molecule has 2 N–H and O–H groups in total. The fourth-order valence-corrected chi connectivity index (χ4v) is 6.50. The van der Waals surface area contributed by atoms with Gasteiger partial charge in [0.2, 0.25) is 18.6 Å². The van der Waals surface area contributed by atoms with E-state index in [-0.39, 0.29) is 37.0 Å². The van der Waals surface area contributed by atoms with Crippen molar-refractivity contribution in [3.05, 3.63) is 48.0 Å². The average molecular weight is 562 g/mol. The number of hydrogen-bond acceptors (Lipinski definition) is 8. The molecule has 10 nitrogen and oxygen atoms in total. The summed E-state index contributed by atoms with van der Waals surface area (Å²) in [6, 6.07) is 12.1. The highest BCUT2D eigenvalue weighted by Crippen LogP contribution is 2.38. The molecule has 2 aromatic carbocycles. The Kier molecular flexibility index (Phi) is 7.46. The molecule has 11 heteroatoms. The minimum Gasteiger partial charge on any atom is -0.454 e. The standard InChI is InChI=1S/C29H31N5O5S/c1-2-24(28(37)31-18-12-13-22-23(14-18)39-16-38-22)40-29-32-20-11-7-6-10-19(20)26-33-27(36)21(34(26)29)15-25(35)30-17-8-4-3-5-9-17/h6-7,10-14,17,21,24H,2-5,8-9,15-16H2,1H3,(H,30,35)(H,31,37). The van der Waals surface area contributed by atoms with E-state index in [1.807, 2.05) is 31.2 Å². The minimum absolute atomic E-state index is 0.0235. The van der Waals surface area contributed by atoms with Gasteiger partial charge in [-0.15, -0.1) is 0 Å². The molecule has 0 aromatic heterocycles. The number of rotatable bonds is 7. The van der Waals surface area contributed by atoms with Crippen molar-refractivity contribution in [1.82, 2.24) is 10.2 Å². The Hall–Kier alpha value is -3.86. The van der Waals surface area contributed by atoms with Gasteiger partial charge in [-0.3, -0.25) is 19.3 Å². The number of benzene rings is 2. The molecule has 0 bridgehead atoms. The van der Waals surface area contributed by atoms with Crippen molar-refractivity contribution in [2.45, 2.75) is 69.2 Å². The molecule has 6 rings (SSSR count). The first-order chi connectivity index (χ1) is 19.5. The summed E-state index contributed by atoms with van der Waals surface area (Å²) in [7, 11) is 0.